The number of nitrogens with one attached hydrogen (secondary N) is 1. The number of carbonyl (C=O) groups excluding carboxylic acids is 1. The molecular formula is C14H16N2O4. The second kappa shape index (κ2) is 5.83. The van der Waals surface area contributed by atoms with Crippen LogP contribution in [0.1, 0.15) is 12.5 Å². The normalized spacial score (nSPS) is 16.6. The van der Waals surface area contributed by atoms with Crippen LogP contribution >= 0.6 is 0 Å². The minimum absolute atomic E-state index is 0.00619. The lowest BCUT2D eigenvalue weighted by Crippen LogP contribution is -2.48. The van der Waals surface area contributed by atoms with E-state index in [0.29, 0.717) is 25.3 Å². The van der Waals surface area contributed by atoms with Crippen molar-refractivity contribution in [3.05, 3.63) is 46.0 Å². The van der Waals surface area contributed by atoms with Crippen LogP contribution in [-0.4, -0.2) is 30.6 Å². The summed E-state index contributed by atoms with van der Waals surface area (Å²) in [5.74, 6) is -0.218. The highest BCUT2D eigenvalue weighted by Crippen LogP contribution is 2.25. The molecule has 2 rings (SSSR count). The SMILES string of the molecule is CC1(CNC(=O)/C=C/c2cccc([N+](=O)[O-])c2)COC1. The number of nitro benzene ring substituents is 1. The standard InChI is InChI=1S/C14H16N2O4/c1-14(9-20-10-14)8-15-13(17)6-5-11-3-2-4-12(7-11)16(18)19/h2-7H,8-10H2,1H3,(H,15,17)/b6-5+. The van der Waals surface area contributed by atoms with Gasteiger partial charge in [-0.3, -0.25) is 14.9 Å². The maximum atomic E-state index is 11.6. The quantitative estimate of drug-likeness (QED) is 0.504. The molecule has 0 radical (unpaired) electrons. The van der Waals surface area contributed by atoms with Crippen molar-refractivity contribution in [3.63, 3.8) is 0 Å². The molecule has 1 heterocycles. The van der Waals surface area contributed by atoms with E-state index < -0.39 is 4.92 Å². The Morgan fingerprint density at radius 2 is 2.30 bits per heavy atom. The fourth-order valence-electron chi connectivity index (χ4n) is 1.83. The molecule has 20 heavy (non-hydrogen) atoms. The maximum Gasteiger partial charge on any atom is 0.270 e. The van der Waals surface area contributed by atoms with E-state index in [1.165, 1.54) is 18.2 Å². The van der Waals surface area contributed by atoms with Gasteiger partial charge in [0.1, 0.15) is 0 Å². The van der Waals surface area contributed by atoms with E-state index in [1.54, 1.807) is 18.2 Å². The number of ether oxygens (including phenoxy) is 1. The van der Waals surface area contributed by atoms with Crippen LogP contribution in [0.15, 0.2) is 30.3 Å². The number of benzene rings is 1. The van der Waals surface area contributed by atoms with Crippen LogP contribution < -0.4 is 5.32 Å². The molecule has 0 atom stereocenters. The lowest BCUT2D eigenvalue weighted by atomic mass is 9.89. The predicted molar refractivity (Wildman–Crippen MR) is 74.1 cm³/mol. The van der Waals surface area contributed by atoms with E-state index in [9.17, 15) is 14.9 Å². The maximum absolute atomic E-state index is 11.6. The molecule has 1 fully saturated rings. The smallest absolute Gasteiger partial charge is 0.270 e. The van der Waals surface area contributed by atoms with Crippen molar-refractivity contribution in [2.75, 3.05) is 19.8 Å². The number of nitro groups is 1. The third kappa shape index (κ3) is 3.64. The fraction of sp³-hybridized carbons (Fsp3) is 0.357. The van der Waals surface area contributed by atoms with Gasteiger partial charge in [0.2, 0.25) is 5.91 Å². The lowest BCUT2D eigenvalue weighted by molar-refractivity contribution is -0.384. The first-order chi connectivity index (χ1) is 9.48. The molecule has 6 nitrogen and oxygen atoms in total. The largest absolute Gasteiger partial charge is 0.380 e. The van der Waals surface area contributed by atoms with Gasteiger partial charge in [-0.15, -0.1) is 0 Å². The van der Waals surface area contributed by atoms with Crippen LogP contribution in [0, 0.1) is 15.5 Å². The Balaban J connectivity index is 1.89. The minimum atomic E-state index is -0.463. The molecule has 1 saturated heterocycles. The Bertz CT molecular complexity index is 550. The van der Waals surface area contributed by atoms with Crippen LogP contribution in [-0.2, 0) is 9.53 Å². The number of non-ortho nitro benzene ring substituents is 1. The highest BCUT2D eigenvalue weighted by molar-refractivity contribution is 5.91. The predicted octanol–water partition coefficient (Wildman–Crippen LogP) is 1.76. The van der Waals surface area contributed by atoms with Crippen molar-refractivity contribution < 1.29 is 14.5 Å². The average molecular weight is 276 g/mol. The van der Waals surface area contributed by atoms with Gasteiger partial charge in [-0.1, -0.05) is 19.1 Å². The number of rotatable bonds is 5. The van der Waals surface area contributed by atoms with Gasteiger partial charge in [0, 0.05) is 30.2 Å². The van der Waals surface area contributed by atoms with Crippen molar-refractivity contribution in [2.24, 2.45) is 5.41 Å². The topological polar surface area (TPSA) is 81.5 Å². The first-order valence-electron chi connectivity index (χ1n) is 6.27. The monoisotopic (exact) mass is 276 g/mol. The van der Waals surface area contributed by atoms with Crippen molar-refractivity contribution in [3.8, 4) is 0 Å². The average Bonchev–Trinajstić information content (AvgIpc) is 2.41. The number of amides is 1. The highest BCUT2D eigenvalue weighted by atomic mass is 16.6. The molecule has 1 aromatic rings. The summed E-state index contributed by atoms with van der Waals surface area (Å²) in [6.07, 6.45) is 2.93. The van der Waals surface area contributed by atoms with Crippen LogP contribution in [0.3, 0.4) is 0 Å². The zero-order valence-electron chi connectivity index (χ0n) is 11.2. The molecule has 106 valence electrons. The molecule has 1 aliphatic rings. The Hall–Kier alpha value is -2.21. The molecule has 0 bridgehead atoms. The van der Waals surface area contributed by atoms with E-state index in [2.05, 4.69) is 5.32 Å². The van der Waals surface area contributed by atoms with Crippen LogP contribution in [0.25, 0.3) is 6.08 Å². The molecule has 0 unspecified atom stereocenters. The molecule has 1 amide bonds. The first-order valence-corrected chi connectivity index (χ1v) is 6.27. The van der Waals surface area contributed by atoms with Gasteiger partial charge in [0.15, 0.2) is 0 Å². The van der Waals surface area contributed by atoms with E-state index in [0.717, 1.165) is 0 Å². The molecular weight excluding hydrogens is 260 g/mol. The van der Waals surface area contributed by atoms with Gasteiger partial charge in [-0.25, -0.2) is 0 Å². The Kier molecular flexibility index (Phi) is 4.14. The van der Waals surface area contributed by atoms with E-state index in [1.807, 2.05) is 6.92 Å². The van der Waals surface area contributed by atoms with E-state index in [4.69, 9.17) is 4.74 Å². The van der Waals surface area contributed by atoms with Gasteiger partial charge < -0.3 is 10.1 Å². The second-order valence-electron chi connectivity index (χ2n) is 5.21. The first kappa shape index (κ1) is 14.2. The molecule has 6 heteroatoms. The molecule has 0 saturated carbocycles. The van der Waals surface area contributed by atoms with Crippen LogP contribution in [0.5, 0.6) is 0 Å². The molecule has 0 spiro atoms. The summed E-state index contributed by atoms with van der Waals surface area (Å²) in [5, 5.41) is 13.4. The summed E-state index contributed by atoms with van der Waals surface area (Å²) in [6, 6.07) is 6.13. The van der Waals surface area contributed by atoms with Crippen LogP contribution in [0.2, 0.25) is 0 Å². The minimum Gasteiger partial charge on any atom is -0.380 e. The molecule has 1 aliphatic heterocycles. The Morgan fingerprint density at radius 1 is 1.55 bits per heavy atom. The third-order valence-corrected chi connectivity index (χ3v) is 3.10. The Labute approximate surface area is 116 Å². The summed E-state index contributed by atoms with van der Waals surface area (Å²) >= 11 is 0. The van der Waals surface area contributed by atoms with Crippen LogP contribution in [0.4, 0.5) is 5.69 Å². The molecule has 1 N–H and O–H groups in total. The summed E-state index contributed by atoms with van der Waals surface area (Å²) in [5.41, 5.74) is 0.647. The zero-order chi connectivity index (χ0) is 14.6. The lowest BCUT2D eigenvalue weighted by Gasteiger charge is -2.37. The zero-order valence-corrected chi connectivity index (χ0v) is 11.2. The fourth-order valence-corrected chi connectivity index (χ4v) is 1.83. The number of hydrogen-bond donors (Lipinski definition) is 1. The summed E-state index contributed by atoms with van der Waals surface area (Å²) < 4.78 is 5.10. The van der Waals surface area contributed by atoms with E-state index >= 15 is 0 Å². The van der Waals surface area contributed by atoms with Gasteiger partial charge in [0.05, 0.1) is 18.1 Å². The summed E-state index contributed by atoms with van der Waals surface area (Å²) in [6.45, 7) is 3.91. The highest BCUT2D eigenvalue weighted by Gasteiger charge is 2.33. The third-order valence-electron chi connectivity index (χ3n) is 3.10. The van der Waals surface area contributed by atoms with Gasteiger partial charge >= 0.3 is 0 Å². The van der Waals surface area contributed by atoms with E-state index in [-0.39, 0.29) is 17.0 Å². The van der Waals surface area contributed by atoms with Gasteiger partial charge in [-0.2, -0.15) is 0 Å². The number of carbonyl (C=O) groups is 1. The molecule has 1 aromatic carbocycles. The Morgan fingerprint density at radius 3 is 2.90 bits per heavy atom. The molecule has 0 aromatic heterocycles. The number of nitrogens with zero attached hydrogens (tertiary/aromatic N) is 1. The summed E-state index contributed by atoms with van der Waals surface area (Å²) in [4.78, 5) is 21.8. The van der Waals surface area contributed by atoms with Crippen molar-refractivity contribution in [1.82, 2.24) is 5.32 Å². The summed E-state index contributed by atoms with van der Waals surface area (Å²) in [7, 11) is 0. The number of hydrogen-bond acceptors (Lipinski definition) is 4. The van der Waals surface area contributed by atoms with Crippen molar-refractivity contribution >= 4 is 17.7 Å². The second-order valence-corrected chi connectivity index (χ2v) is 5.21. The molecule has 0 aliphatic carbocycles. The van der Waals surface area contributed by atoms with Gasteiger partial charge in [-0.05, 0) is 11.6 Å². The van der Waals surface area contributed by atoms with Crippen molar-refractivity contribution in [2.45, 2.75) is 6.92 Å². The van der Waals surface area contributed by atoms with Crippen molar-refractivity contribution in [1.29, 1.82) is 0 Å². The van der Waals surface area contributed by atoms with Gasteiger partial charge in [0.25, 0.3) is 5.69 Å².